The van der Waals surface area contributed by atoms with E-state index in [1.807, 2.05) is 0 Å². The van der Waals surface area contributed by atoms with Crippen LogP contribution in [0.2, 0.25) is 0 Å². The first-order valence-electron chi connectivity index (χ1n) is 7.03. The lowest BCUT2D eigenvalue weighted by Gasteiger charge is -2.16. The van der Waals surface area contributed by atoms with Gasteiger partial charge in [0.2, 0.25) is 0 Å². The highest BCUT2D eigenvalue weighted by Crippen LogP contribution is 2.29. The Morgan fingerprint density at radius 1 is 1.00 bits per heavy atom. The molecule has 2 unspecified atom stereocenters. The van der Waals surface area contributed by atoms with Crippen LogP contribution in [0.4, 0.5) is 0 Å². The largest absolute Gasteiger partial charge is 0.327 e. The van der Waals surface area contributed by atoms with E-state index in [2.05, 4.69) is 0 Å². The Hall–Kier alpha value is -0.0900. The lowest BCUT2D eigenvalue weighted by atomic mass is 10.0. The van der Waals surface area contributed by atoms with Gasteiger partial charge in [-0.1, -0.05) is 19.3 Å². The fraction of sp³-hybridized carbons (Fsp3) is 1.00. The second-order valence-corrected chi connectivity index (χ2v) is 8.14. The van der Waals surface area contributed by atoms with Gasteiger partial charge in [-0.05, 0) is 43.9 Å². The molecule has 2 saturated carbocycles. The van der Waals surface area contributed by atoms with E-state index in [0.29, 0.717) is 23.3 Å². The summed E-state index contributed by atoms with van der Waals surface area (Å²) in [5.41, 5.74) is 5.98. The molecule has 100 valence electrons. The molecule has 17 heavy (non-hydrogen) atoms. The van der Waals surface area contributed by atoms with E-state index in [-0.39, 0.29) is 6.04 Å². The zero-order valence-electron chi connectivity index (χ0n) is 10.6. The molecule has 2 aliphatic carbocycles. The van der Waals surface area contributed by atoms with Gasteiger partial charge in [0.05, 0.1) is 11.5 Å². The molecule has 0 heterocycles. The number of rotatable bonds is 5. The summed E-state index contributed by atoms with van der Waals surface area (Å²) in [4.78, 5) is 0. The number of hydrogen-bond donors (Lipinski definition) is 1. The van der Waals surface area contributed by atoms with E-state index in [0.717, 1.165) is 32.1 Å². The lowest BCUT2D eigenvalue weighted by molar-refractivity contribution is 0.462. The molecule has 0 aromatic heterocycles. The maximum Gasteiger partial charge on any atom is 0.150 e. The van der Waals surface area contributed by atoms with Crippen LogP contribution in [0.3, 0.4) is 0 Å². The van der Waals surface area contributed by atoms with Crippen molar-refractivity contribution in [2.24, 2.45) is 17.6 Å². The fourth-order valence-corrected chi connectivity index (χ4v) is 5.25. The summed E-state index contributed by atoms with van der Waals surface area (Å²) in [6, 6.07) is 0.247. The van der Waals surface area contributed by atoms with Gasteiger partial charge in [-0.15, -0.1) is 0 Å². The van der Waals surface area contributed by atoms with Gasteiger partial charge in [0.15, 0.2) is 9.84 Å². The summed E-state index contributed by atoms with van der Waals surface area (Å²) in [7, 11) is -2.83. The first kappa shape index (κ1) is 13.3. The normalized spacial score (nSPS) is 31.1. The highest BCUT2D eigenvalue weighted by molar-refractivity contribution is 7.91. The molecule has 0 aromatic carbocycles. The van der Waals surface area contributed by atoms with E-state index in [1.54, 1.807) is 0 Å². The molecule has 0 aromatic rings. The molecule has 2 aliphatic rings. The van der Waals surface area contributed by atoms with Crippen LogP contribution in [0, 0.1) is 11.8 Å². The molecule has 0 saturated heterocycles. The average molecular weight is 259 g/mol. The van der Waals surface area contributed by atoms with Crippen LogP contribution in [-0.2, 0) is 9.84 Å². The summed E-state index contributed by atoms with van der Waals surface area (Å²) >= 11 is 0. The molecule has 3 nitrogen and oxygen atoms in total. The van der Waals surface area contributed by atoms with Crippen LogP contribution < -0.4 is 5.73 Å². The molecular weight excluding hydrogens is 234 g/mol. The predicted molar refractivity (Wildman–Crippen MR) is 70.5 cm³/mol. The van der Waals surface area contributed by atoms with Crippen molar-refractivity contribution in [1.82, 2.24) is 0 Å². The Bertz CT molecular complexity index is 333. The van der Waals surface area contributed by atoms with Crippen LogP contribution >= 0.6 is 0 Å². The molecular formula is C13H25NO2S. The van der Waals surface area contributed by atoms with E-state index in [1.165, 1.54) is 19.3 Å². The highest BCUT2D eigenvalue weighted by Gasteiger charge is 2.27. The van der Waals surface area contributed by atoms with E-state index in [4.69, 9.17) is 5.73 Å². The predicted octanol–water partition coefficient (Wildman–Crippen LogP) is 2.11. The van der Waals surface area contributed by atoms with Gasteiger partial charge in [-0.3, -0.25) is 0 Å². The topological polar surface area (TPSA) is 60.2 Å². The average Bonchev–Trinajstić information content (AvgIpc) is 2.87. The number of sulfone groups is 1. The van der Waals surface area contributed by atoms with Crippen LogP contribution in [0.5, 0.6) is 0 Å². The first-order chi connectivity index (χ1) is 8.07. The Morgan fingerprint density at radius 2 is 1.71 bits per heavy atom. The number of hydrogen-bond acceptors (Lipinski definition) is 3. The fourth-order valence-electron chi connectivity index (χ4n) is 3.37. The van der Waals surface area contributed by atoms with E-state index < -0.39 is 9.84 Å². The van der Waals surface area contributed by atoms with Crippen molar-refractivity contribution in [3.8, 4) is 0 Å². The third-order valence-electron chi connectivity index (χ3n) is 4.48. The molecule has 2 N–H and O–H groups in total. The van der Waals surface area contributed by atoms with Gasteiger partial charge in [-0.25, -0.2) is 8.42 Å². The second kappa shape index (κ2) is 5.70. The van der Waals surface area contributed by atoms with Crippen LogP contribution in [-0.4, -0.2) is 26.0 Å². The molecule has 2 rings (SSSR count). The minimum absolute atomic E-state index is 0.247. The molecule has 2 atom stereocenters. The lowest BCUT2D eigenvalue weighted by Crippen LogP contribution is -2.27. The summed E-state index contributed by atoms with van der Waals surface area (Å²) < 4.78 is 24.0. The number of nitrogens with two attached hydrogens (primary N) is 1. The standard InChI is InChI=1S/C13H25NO2S/c14-13-7-3-6-12(13)8-9-17(15,16)10-11-4-1-2-5-11/h11-13H,1-10,14H2. The van der Waals surface area contributed by atoms with Crippen LogP contribution in [0.1, 0.15) is 51.4 Å². The molecule has 2 fully saturated rings. The SMILES string of the molecule is NC1CCCC1CCS(=O)(=O)CC1CCCC1. The zero-order valence-corrected chi connectivity index (χ0v) is 11.4. The van der Waals surface area contributed by atoms with Crippen molar-refractivity contribution in [3.63, 3.8) is 0 Å². The summed E-state index contributed by atoms with van der Waals surface area (Å²) in [6.07, 6.45) is 8.82. The maximum atomic E-state index is 12.0. The third kappa shape index (κ3) is 3.95. The summed E-state index contributed by atoms with van der Waals surface area (Å²) in [6.45, 7) is 0. The van der Waals surface area contributed by atoms with Crippen LogP contribution in [0.25, 0.3) is 0 Å². The Labute approximate surface area is 105 Å². The smallest absolute Gasteiger partial charge is 0.150 e. The zero-order chi connectivity index (χ0) is 12.3. The minimum Gasteiger partial charge on any atom is -0.327 e. The van der Waals surface area contributed by atoms with Crippen molar-refractivity contribution in [2.45, 2.75) is 57.4 Å². The third-order valence-corrected chi connectivity index (χ3v) is 6.32. The maximum absolute atomic E-state index is 12.0. The first-order valence-corrected chi connectivity index (χ1v) is 8.85. The Balaban J connectivity index is 1.76. The minimum atomic E-state index is -2.83. The van der Waals surface area contributed by atoms with Crippen molar-refractivity contribution < 1.29 is 8.42 Å². The summed E-state index contributed by atoms with van der Waals surface area (Å²) in [5, 5.41) is 0. The van der Waals surface area contributed by atoms with Crippen molar-refractivity contribution in [2.75, 3.05) is 11.5 Å². The van der Waals surface area contributed by atoms with Crippen molar-refractivity contribution >= 4 is 9.84 Å². The second-order valence-electron chi connectivity index (χ2n) is 5.91. The van der Waals surface area contributed by atoms with Crippen molar-refractivity contribution in [3.05, 3.63) is 0 Å². The van der Waals surface area contributed by atoms with E-state index >= 15 is 0 Å². The van der Waals surface area contributed by atoms with Gasteiger partial charge in [0.1, 0.15) is 0 Å². The van der Waals surface area contributed by atoms with Gasteiger partial charge >= 0.3 is 0 Å². The van der Waals surface area contributed by atoms with E-state index in [9.17, 15) is 8.42 Å². The quantitative estimate of drug-likeness (QED) is 0.822. The van der Waals surface area contributed by atoms with Gasteiger partial charge in [0, 0.05) is 6.04 Å². The molecule has 0 amide bonds. The highest BCUT2D eigenvalue weighted by atomic mass is 32.2. The monoisotopic (exact) mass is 259 g/mol. The Morgan fingerprint density at radius 3 is 2.29 bits per heavy atom. The van der Waals surface area contributed by atoms with Gasteiger partial charge < -0.3 is 5.73 Å². The molecule has 4 heteroatoms. The van der Waals surface area contributed by atoms with Gasteiger partial charge in [0.25, 0.3) is 0 Å². The molecule has 0 spiro atoms. The van der Waals surface area contributed by atoms with Gasteiger partial charge in [-0.2, -0.15) is 0 Å². The molecule has 0 aliphatic heterocycles. The Kier molecular flexibility index (Phi) is 4.47. The molecule has 0 bridgehead atoms. The van der Waals surface area contributed by atoms with Crippen molar-refractivity contribution in [1.29, 1.82) is 0 Å². The van der Waals surface area contributed by atoms with Crippen LogP contribution in [0.15, 0.2) is 0 Å². The summed E-state index contributed by atoms with van der Waals surface area (Å²) in [5.74, 6) is 1.68. The molecule has 0 radical (unpaired) electrons.